The Kier molecular flexibility index (Phi) is 29.9. The van der Waals surface area contributed by atoms with E-state index >= 15 is 0 Å². The molecule has 2 aliphatic rings. The molecule has 5 heteroatoms. The van der Waals surface area contributed by atoms with Gasteiger partial charge in [0.15, 0.2) is 6.29 Å². The molecule has 0 saturated carbocycles. The summed E-state index contributed by atoms with van der Waals surface area (Å²) >= 11 is 0. The van der Waals surface area contributed by atoms with E-state index in [-0.39, 0.29) is 24.0 Å². The number of carbonyl (C=O) groups is 1. The van der Waals surface area contributed by atoms with Gasteiger partial charge in [-0.1, -0.05) is 171 Å². The highest BCUT2D eigenvalue weighted by atomic mass is 16.7. The van der Waals surface area contributed by atoms with E-state index in [0.717, 1.165) is 19.3 Å². The molecule has 52 heavy (non-hydrogen) atoms. The number of hydrogen-bond acceptors (Lipinski definition) is 4. The summed E-state index contributed by atoms with van der Waals surface area (Å²) in [5.41, 5.74) is 0. The van der Waals surface area contributed by atoms with Gasteiger partial charge in [0.05, 0.1) is 12.5 Å². The van der Waals surface area contributed by atoms with Crippen LogP contribution in [-0.4, -0.2) is 50.2 Å². The molecule has 1 heterocycles. The van der Waals surface area contributed by atoms with Gasteiger partial charge in [0, 0.05) is 26.2 Å². The Morgan fingerprint density at radius 1 is 0.577 bits per heavy atom. The highest BCUT2D eigenvalue weighted by molar-refractivity contribution is 5.84. The minimum Gasteiger partial charge on any atom is -0.361 e. The van der Waals surface area contributed by atoms with E-state index in [1.807, 2.05) is 23.1 Å². The van der Waals surface area contributed by atoms with Crippen molar-refractivity contribution < 1.29 is 19.0 Å². The topological polar surface area (TPSA) is 48.0 Å². The van der Waals surface area contributed by atoms with Gasteiger partial charge in [-0.05, 0) is 70.6 Å². The number of rotatable bonds is 36. The molecule has 2 rings (SSSR count). The lowest BCUT2D eigenvalue weighted by molar-refractivity contribution is -0.174. The number of amides is 1. The molecule has 0 aromatic heterocycles. The van der Waals surface area contributed by atoms with E-state index in [2.05, 4.69) is 56.4 Å². The van der Waals surface area contributed by atoms with Crippen molar-refractivity contribution in [3.63, 3.8) is 0 Å². The molecule has 4 unspecified atom stereocenters. The number of nitrogens with zero attached hydrogens (tertiary/aromatic N) is 1. The SMILES string of the molecule is CCCCCC=CCC=CCCCCCCCCOC(CN1C(=O)C2C=CC=CC2C1OC)OCCCCCCCCCCCC=CCCCCC. The van der Waals surface area contributed by atoms with Crippen LogP contribution in [0.2, 0.25) is 0 Å². The first-order valence-electron chi connectivity index (χ1n) is 22.1. The average Bonchev–Trinajstić information content (AvgIpc) is 3.43. The summed E-state index contributed by atoms with van der Waals surface area (Å²) in [5, 5.41) is 0. The Bertz CT molecular complexity index is 984. The van der Waals surface area contributed by atoms with Gasteiger partial charge in [0.25, 0.3) is 0 Å². The second-order valence-electron chi connectivity index (χ2n) is 15.2. The Hall–Kier alpha value is -1.95. The third-order valence-electron chi connectivity index (χ3n) is 10.6. The number of unbranched alkanes of at least 4 members (excludes halogenated alkanes) is 21. The van der Waals surface area contributed by atoms with Crippen LogP contribution in [0.1, 0.15) is 181 Å². The van der Waals surface area contributed by atoms with Crippen LogP contribution < -0.4 is 0 Å². The van der Waals surface area contributed by atoms with Crippen molar-refractivity contribution in [2.24, 2.45) is 11.8 Å². The van der Waals surface area contributed by atoms with Crippen molar-refractivity contribution in [3.8, 4) is 0 Å². The molecule has 1 saturated heterocycles. The summed E-state index contributed by atoms with van der Waals surface area (Å²) in [7, 11) is 1.70. The molecule has 0 N–H and O–H groups in total. The molecule has 5 nitrogen and oxygen atoms in total. The summed E-state index contributed by atoms with van der Waals surface area (Å²) in [6, 6.07) is 0. The first-order chi connectivity index (χ1) is 25.7. The Morgan fingerprint density at radius 2 is 1.00 bits per heavy atom. The molecule has 0 radical (unpaired) electrons. The van der Waals surface area contributed by atoms with E-state index in [1.54, 1.807) is 7.11 Å². The molecule has 0 bridgehead atoms. The number of fused-ring (bicyclic) bond motifs is 1. The number of ether oxygens (including phenoxy) is 3. The monoisotopic (exact) mass is 724 g/mol. The number of hydrogen-bond donors (Lipinski definition) is 0. The maximum Gasteiger partial charge on any atom is 0.232 e. The lowest BCUT2D eigenvalue weighted by atomic mass is 9.90. The summed E-state index contributed by atoms with van der Waals surface area (Å²) in [6.45, 7) is 6.29. The van der Waals surface area contributed by atoms with Gasteiger partial charge in [-0.15, -0.1) is 0 Å². The van der Waals surface area contributed by atoms with Gasteiger partial charge < -0.3 is 19.1 Å². The normalized spacial score (nSPS) is 19.3. The highest BCUT2D eigenvalue weighted by Gasteiger charge is 2.47. The molecule has 0 aromatic carbocycles. The van der Waals surface area contributed by atoms with Crippen molar-refractivity contribution in [1.82, 2.24) is 4.90 Å². The van der Waals surface area contributed by atoms with Gasteiger partial charge in [0.2, 0.25) is 5.91 Å². The first kappa shape index (κ1) is 46.2. The molecule has 1 fully saturated rings. The Morgan fingerprint density at radius 3 is 1.48 bits per heavy atom. The fraction of sp³-hybridized carbons (Fsp3) is 0.766. The van der Waals surface area contributed by atoms with E-state index in [1.165, 1.54) is 148 Å². The van der Waals surface area contributed by atoms with Crippen molar-refractivity contribution in [2.75, 3.05) is 26.9 Å². The Balaban J connectivity index is 1.59. The van der Waals surface area contributed by atoms with Crippen LogP contribution >= 0.6 is 0 Å². The van der Waals surface area contributed by atoms with Crippen LogP contribution in [-0.2, 0) is 19.0 Å². The summed E-state index contributed by atoms with van der Waals surface area (Å²) in [4.78, 5) is 15.2. The minimum absolute atomic E-state index is 0.0490. The molecule has 1 aliphatic heterocycles. The number of allylic oxidation sites excluding steroid dienone is 8. The van der Waals surface area contributed by atoms with Crippen LogP contribution in [0.5, 0.6) is 0 Å². The molecule has 0 aromatic rings. The smallest absolute Gasteiger partial charge is 0.232 e. The molecule has 0 spiro atoms. The van der Waals surface area contributed by atoms with Crippen molar-refractivity contribution in [3.05, 3.63) is 60.8 Å². The predicted octanol–water partition coefficient (Wildman–Crippen LogP) is 13.4. The average molecular weight is 724 g/mol. The van der Waals surface area contributed by atoms with E-state index < -0.39 is 6.29 Å². The van der Waals surface area contributed by atoms with E-state index in [0.29, 0.717) is 19.8 Å². The van der Waals surface area contributed by atoms with Crippen LogP contribution in [0, 0.1) is 11.8 Å². The van der Waals surface area contributed by atoms with Gasteiger partial charge in [-0.2, -0.15) is 0 Å². The van der Waals surface area contributed by atoms with Gasteiger partial charge in [0.1, 0.15) is 6.23 Å². The van der Waals surface area contributed by atoms with Crippen molar-refractivity contribution >= 4 is 5.91 Å². The standard InChI is InChI=1S/C47H81NO4/c1-4-6-8-10-12-14-16-18-20-22-24-26-28-30-32-36-40-51-45(42-48-46(49)43-38-34-35-39-44(43)47(48)50-3)52-41-37-33-31-29-27-25-23-21-19-17-15-13-11-9-7-5-2/h12-15,18,20,34-35,38-39,43-45,47H,4-11,16-17,19,21-33,36-37,40-42H2,1-3H3. The maximum atomic E-state index is 13.4. The van der Waals surface area contributed by atoms with Crippen LogP contribution in [0.25, 0.3) is 0 Å². The van der Waals surface area contributed by atoms with Crippen LogP contribution in [0.4, 0.5) is 0 Å². The molecule has 4 atom stereocenters. The second-order valence-corrected chi connectivity index (χ2v) is 15.2. The maximum absolute atomic E-state index is 13.4. The summed E-state index contributed by atoms with van der Waals surface area (Å²) in [5.74, 6) is 0.00982. The van der Waals surface area contributed by atoms with Gasteiger partial charge in [-0.3, -0.25) is 4.79 Å². The minimum atomic E-state index is -0.418. The number of methoxy groups -OCH3 is 1. The molecule has 298 valence electrons. The third kappa shape index (κ3) is 22.3. The lowest BCUT2D eigenvalue weighted by Crippen LogP contribution is -2.43. The van der Waals surface area contributed by atoms with Crippen LogP contribution in [0.15, 0.2) is 60.8 Å². The zero-order chi connectivity index (χ0) is 37.2. The second kappa shape index (κ2) is 33.6. The molecule has 1 aliphatic carbocycles. The van der Waals surface area contributed by atoms with E-state index in [9.17, 15) is 4.79 Å². The van der Waals surface area contributed by atoms with Gasteiger partial charge in [-0.25, -0.2) is 0 Å². The highest BCUT2D eigenvalue weighted by Crippen LogP contribution is 2.36. The summed E-state index contributed by atoms with van der Waals surface area (Å²) < 4.78 is 18.5. The fourth-order valence-electron chi connectivity index (χ4n) is 7.33. The number of carbonyl (C=O) groups excluding carboxylic acids is 1. The predicted molar refractivity (Wildman–Crippen MR) is 222 cm³/mol. The quantitative estimate of drug-likeness (QED) is 0.0367. The van der Waals surface area contributed by atoms with Crippen molar-refractivity contribution in [1.29, 1.82) is 0 Å². The third-order valence-corrected chi connectivity index (χ3v) is 10.6. The zero-order valence-corrected chi connectivity index (χ0v) is 34.2. The summed E-state index contributed by atoms with van der Waals surface area (Å²) in [6.07, 6.45) is 54.3. The lowest BCUT2D eigenvalue weighted by Gasteiger charge is -2.29. The van der Waals surface area contributed by atoms with Crippen LogP contribution in [0.3, 0.4) is 0 Å². The Labute approximate surface area is 321 Å². The number of likely N-dealkylation sites (tertiary alicyclic amines) is 1. The largest absolute Gasteiger partial charge is 0.361 e. The zero-order valence-electron chi connectivity index (χ0n) is 34.2. The molecular weight excluding hydrogens is 643 g/mol. The van der Waals surface area contributed by atoms with Gasteiger partial charge >= 0.3 is 0 Å². The fourth-order valence-corrected chi connectivity index (χ4v) is 7.33. The molecule has 1 amide bonds. The first-order valence-corrected chi connectivity index (χ1v) is 22.1. The molecular formula is C47H81NO4. The van der Waals surface area contributed by atoms with E-state index in [4.69, 9.17) is 14.2 Å². The van der Waals surface area contributed by atoms with Crippen molar-refractivity contribution in [2.45, 2.75) is 193 Å².